The number of likely N-dealkylation sites (N-methyl/N-ethyl adjacent to an activating group) is 1. The standard InChI is InChI=1S/C15H21ClN2O2/c1-2-18(13-7-8-13)9-15(20)17-14(10-19)11-3-5-12(16)6-4-11/h3-6,13-14,19H,2,7-10H2,1H3,(H,17,20). The molecule has 0 heterocycles. The normalized spacial score (nSPS) is 16.2. The van der Waals surface area contributed by atoms with Crippen molar-refractivity contribution in [3.8, 4) is 0 Å². The summed E-state index contributed by atoms with van der Waals surface area (Å²) in [6.07, 6.45) is 2.36. The smallest absolute Gasteiger partial charge is 0.234 e. The third-order valence-electron chi connectivity index (χ3n) is 3.61. The first-order valence-electron chi connectivity index (χ1n) is 7.03. The number of hydrogen-bond acceptors (Lipinski definition) is 3. The molecule has 0 radical (unpaired) electrons. The highest BCUT2D eigenvalue weighted by atomic mass is 35.5. The minimum absolute atomic E-state index is 0.0484. The van der Waals surface area contributed by atoms with Gasteiger partial charge in [0.2, 0.25) is 5.91 Å². The van der Waals surface area contributed by atoms with Gasteiger partial charge >= 0.3 is 0 Å². The van der Waals surface area contributed by atoms with E-state index in [1.54, 1.807) is 12.1 Å². The van der Waals surface area contributed by atoms with Crippen molar-refractivity contribution >= 4 is 17.5 Å². The van der Waals surface area contributed by atoms with Crippen LogP contribution in [0.15, 0.2) is 24.3 Å². The number of benzene rings is 1. The number of carbonyl (C=O) groups excluding carboxylic acids is 1. The van der Waals surface area contributed by atoms with Gasteiger partial charge in [0.25, 0.3) is 0 Å². The summed E-state index contributed by atoms with van der Waals surface area (Å²) in [4.78, 5) is 14.2. The Hall–Kier alpha value is -1.10. The minimum atomic E-state index is -0.377. The number of halogens is 1. The summed E-state index contributed by atoms with van der Waals surface area (Å²) < 4.78 is 0. The third kappa shape index (κ3) is 4.20. The van der Waals surface area contributed by atoms with E-state index in [0.717, 1.165) is 12.1 Å². The van der Waals surface area contributed by atoms with E-state index >= 15 is 0 Å². The van der Waals surface area contributed by atoms with E-state index in [4.69, 9.17) is 11.6 Å². The van der Waals surface area contributed by atoms with Crippen LogP contribution in [-0.4, -0.2) is 41.7 Å². The molecule has 110 valence electrons. The minimum Gasteiger partial charge on any atom is -0.394 e. The number of nitrogens with one attached hydrogen (secondary N) is 1. The van der Waals surface area contributed by atoms with Gasteiger partial charge in [0, 0.05) is 11.1 Å². The molecule has 1 unspecified atom stereocenters. The molecule has 0 aromatic heterocycles. The van der Waals surface area contributed by atoms with Gasteiger partial charge in [-0.2, -0.15) is 0 Å². The average molecular weight is 297 g/mol. The number of nitrogens with zero attached hydrogens (tertiary/aromatic N) is 1. The highest BCUT2D eigenvalue weighted by molar-refractivity contribution is 6.30. The lowest BCUT2D eigenvalue weighted by atomic mass is 10.1. The van der Waals surface area contributed by atoms with Crippen molar-refractivity contribution in [1.82, 2.24) is 10.2 Å². The molecule has 1 aliphatic carbocycles. The van der Waals surface area contributed by atoms with Crippen molar-refractivity contribution in [3.05, 3.63) is 34.9 Å². The number of amides is 1. The van der Waals surface area contributed by atoms with Crippen molar-refractivity contribution in [1.29, 1.82) is 0 Å². The molecular weight excluding hydrogens is 276 g/mol. The fraction of sp³-hybridized carbons (Fsp3) is 0.533. The lowest BCUT2D eigenvalue weighted by molar-refractivity contribution is -0.123. The Morgan fingerprint density at radius 2 is 2.10 bits per heavy atom. The molecule has 2 N–H and O–H groups in total. The SMILES string of the molecule is CCN(CC(=O)NC(CO)c1ccc(Cl)cc1)C1CC1. The van der Waals surface area contributed by atoms with Crippen molar-refractivity contribution < 1.29 is 9.90 Å². The van der Waals surface area contributed by atoms with Crippen molar-refractivity contribution in [2.45, 2.75) is 31.8 Å². The molecule has 0 aliphatic heterocycles. The molecule has 20 heavy (non-hydrogen) atoms. The molecule has 5 heteroatoms. The van der Waals surface area contributed by atoms with Crippen LogP contribution >= 0.6 is 11.6 Å². The maximum absolute atomic E-state index is 12.1. The second kappa shape index (κ2) is 7.07. The van der Waals surface area contributed by atoms with Gasteiger partial charge in [0.05, 0.1) is 19.2 Å². The third-order valence-corrected chi connectivity index (χ3v) is 3.86. The molecule has 1 aromatic carbocycles. The first kappa shape index (κ1) is 15.3. The zero-order chi connectivity index (χ0) is 14.5. The van der Waals surface area contributed by atoms with E-state index in [2.05, 4.69) is 17.1 Å². The van der Waals surface area contributed by atoms with Crippen LogP contribution in [0.5, 0.6) is 0 Å². The molecule has 0 saturated heterocycles. The van der Waals surface area contributed by atoms with E-state index in [1.165, 1.54) is 12.8 Å². The van der Waals surface area contributed by atoms with Crippen LogP contribution in [0.1, 0.15) is 31.4 Å². The van der Waals surface area contributed by atoms with Crippen LogP contribution in [0.25, 0.3) is 0 Å². The van der Waals surface area contributed by atoms with E-state index in [1.807, 2.05) is 12.1 Å². The van der Waals surface area contributed by atoms with Gasteiger partial charge in [-0.3, -0.25) is 9.69 Å². The Morgan fingerprint density at radius 3 is 2.60 bits per heavy atom. The van der Waals surface area contributed by atoms with E-state index < -0.39 is 0 Å². The summed E-state index contributed by atoms with van der Waals surface area (Å²) in [5.41, 5.74) is 0.861. The van der Waals surface area contributed by atoms with E-state index in [-0.39, 0.29) is 18.6 Å². The Bertz CT molecular complexity index is 446. The van der Waals surface area contributed by atoms with Crippen molar-refractivity contribution in [2.24, 2.45) is 0 Å². The largest absolute Gasteiger partial charge is 0.394 e. The van der Waals surface area contributed by atoms with Crippen LogP contribution in [0, 0.1) is 0 Å². The molecule has 4 nitrogen and oxygen atoms in total. The number of aliphatic hydroxyl groups excluding tert-OH is 1. The maximum Gasteiger partial charge on any atom is 0.234 e. The van der Waals surface area contributed by atoms with Crippen LogP contribution in [-0.2, 0) is 4.79 Å². The van der Waals surface area contributed by atoms with Crippen molar-refractivity contribution in [2.75, 3.05) is 19.7 Å². The van der Waals surface area contributed by atoms with Crippen LogP contribution < -0.4 is 5.32 Å². The molecule has 1 aromatic rings. The van der Waals surface area contributed by atoms with Gasteiger partial charge in [-0.15, -0.1) is 0 Å². The van der Waals surface area contributed by atoms with Gasteiger partial charge in [-0.1, -0.05) is 30.7 Å². The summed E-state index contributed by atoms with van der Waals surface area (Å²) in [5.74, 6) is -0.0484. The van der Waals surface area contributed by atoms with Gasteiger partial charge in [-0.05, 0) is 37.1 Å². The summed E-state index contributed by atoms with van der Waals surface area (Å²) in [6.45, 7) is 3.21. The molecule has 0 bridgehead atoms. The van der Waals surface area contributed by atoms with Gasteiger partial charge in [-0.25, -0.2) is 0 Å². The van der Waals surface area contributed by atoms with Crippen molar-refractivity contribution in [3.63, 3.8) is 0 Å². The van der Waals surface area contributed by atoms with Crippen LogP contribution in [0.4, 0.5) is 0 Å². The van der Waals surface area contributed by atoms with Gasteiger partial charge in [0.15, 0.2) is 0 Å². The fourth-order valence-electron chi connectivity index (χ4n) is 2.29. The molecule has 1 saturated carbocycles. The van der Waals surface area contributed by atoms with E-state index in [9.17, 15) is 9.90 Å². The second-order valence-electron chi connectivity index (χ2n) is 5.15. The number of aliphatic hydroxyl groups is 1. The number of hydrogen-bond donors (Lipinski definition) is 2. The summed E-state index contributed by atoms with van der Waals surface area (Å²) in [5, 5.41) is 13.0. The first-order valence-corrected chi connectivity index (χ1v) is 7.41. The van der Waals surface area contributed by atoms with Crippen LogP contribution in [0.3, 0.4) is 0 Å². The van der Waals surface area contributed by atoms with Gasteiger partial charge in [0.1, 0.15) is 0 Å². The van der Waals surface area contributed by atoms with Gasteiger partial charge < -0.3 is 10.4 Å². The molecule has 1 aliphatic rings. The highest BCUT2D eigenvalue weighted by Gasteiger charge is 2.29. The van der Waals surface area contributed by atoms with Crippen LogP contribution in [0.2, 0.25) is 5.02 Å². The summed E-state index contributed by atoms with van der Waals surface area (Å²) >= 11 is 5.84. The maximum atomic E-state index is 12.1. The predicted molar refractivity (Wildman–Crippen MR) is 79.7 cm³/mol. The molecule has 1 atom stereocenters. The Labute approximate surface area is 124 Å². The Kier molecular flexibility index (Phi) is 5.40. The second-order valence-corrected chi connectivity index (χ2v) is 5.58. The monoisotopic (exact) mass is 296 g/mol. The molecular formula is C15H21ClN2O2. The number of carbonyl (C=O) groups is 1. The molecule has 0 spiro atoms. The zero-order valence-electron chi connectivity index (χ0n) is 11.7. The number of rotatable bonds is 7. The summed E-state index contributed by atoms with van der Waals surface area (Å²) in [6, 6.07) is 7.35. The highest BCUT2D eigenvalue weighted by Crippen LogP contribution is 2.26. The lowest BCUT2D eigenvalue weighted by Crippen LogP contribution is -2.40. The lowest BCUT2D eigenvalue weighted by Gasteiger charge is -2.22. The van der Waals surface area contributed by atoms with E-state index in [0.29, 0.717) is 17.6 Å². The fourth-order valence-corrected chi connectivity index (χ4v) is 2.42. The Balaban J connectivity index is 1.91. The summed E-state index contributed by atoms with van der Waals surface area (Å²) in [7, 11) is 0. The Morgan fingerprint density at radius 1 is 1.45 bits per heavy atom. The molecule has 1 amide bonds. The predicted octanol–water partition coefficient (Wildman–Crippen LogP) is 1.97. The average Bonchev–Trinajstić information content (AvgIpc) is 3.28. The zero-order valence-corrected chi connectivity index (χ0v) is 12.4. The topological polar surface area (TPSA) is 52.6 Å². The first-order chi connectivity index (χ1) is 9.63. The molecule has 2 rings (SSSR count). The molecule has 1 fully saturated rings. The quantitative estimate of drug-likeness (QED) is 0.809.